The van der Waals surface area contributed by atoms with Crippen molar-refractivity contribution in [2.75, 3.05) is 13.7 Å². The number of aromatic nitrogens is 2. The van der Waals surface area contributed by atoms with Crippen molar-refractivity contribution in [3.05, 3.63) is 54.1 Å². The minimum atomic E-state index is -0.973. The first-order chi connectivity index (χ1) is 13.8. The number of methoxy groups -OCH3 is 1. The van der Waals surface area contributed by atoms with Crippen molar-refractivity contribution in [1.29, 1.82) is 0 Å². The van der Waals surface area contributed by atoms with Crippen molar-refractivity contribution in [2.45, 2.75) is 32.5 Å². The van der Waals surface area contributed by atoms with Crippen molar-refractivity contribution in [2.24, 2.45) is 5.73 Å². The van der Waals surface area contributed by atoms with Crippen LogP contribution in [0.3, 0.4) is 0 Å². The van der Waals surface area contributed by atoms with Crippen LogP contribution in [-0.2, 0) is 22.6 Å². The zero-order valence-electron chi connectivity index (χ0n) is 16.7. The summed E-state index contributed by atoms with van der Waals surface area (Å²) in [5, 5.41) is 2.82. The van der Waals surface area contributed by atoms with Gasteiger partial charge in [0.25, 0.3) is 0 Å². The predicted octanol–water partition coefficient (Wildman–Crippen LogP) is 2.97. The Labute approximate surface area is 168 Å². The van der Waals surface area contributed by atoms with Crippen molar-refractivity contribution in [3.8, 4) is 11.5 Å². The van der Waals surface area contributed by atoms with Gasteiger partial charge in [-0.3, -0.25) is 4.79 Å². The summed E-state index contributed by atoms with van der Waals surface area (Å²) in [6.07, 6.45) is 0. The Balaban J connectivity index is 1.89. The Morgan fingerprint density at radius 3 is 2.55 bits per heavy atom. The molecular formula is C21H25FN4O3. The minimum absolute atomic E-state index is 0.242. The van der Waals surface area contributed by atoms with Gasteiger partial charge in [0.15, 0.2) is 0 Å². The van der Waals surface area contributed by atoms with Gasteiger partial charge >= 0.3 is 0 Å². The van der Waals surface area contributed by atoms with E-state index in [1.54, 1.807) is 39.2 Å². The summed E-state index contributed by atoms with van der Waals surface area (Å²) in [5.41, 5.74) is 6.48. The Morgan fingerprint density at radius 1 is 1.21 bits per heavy atom. The molecule has 1 aromatic heterocycles. The summed E-state index contributed by atoms with van der Waals surface area (Å²) in [6.45, 7) is 4.58. The number of nitrogens with one attached hydrogen (secondary N) is 1. The summed E-state index contributed by atoms with van der Waals surface area (Å²) in [6, 6.07) is 11.3. The molecule has 0 aliphatic carbocycles. The lowest BCUT2D eigenvalue weighted by Gasteiger charge is -2.18. The maximum atomic E-state index is 13.1. The molecule has 2 aromatic carbocycles. The van der Waals surface area contributed by atoms with Crippen LogP contribution in [0.2, 0.25) is 0 Å². The molecule has 0 aliphatic heterocycles. The number of fused-ring (bicyclic) bond motifs is 1. The molecule has 0 saturated heterocycles. The second kappa shape index (κ2) is 8.59. The van der Waals surface area contributed by atoms with Gasteiger partial charge in [-0.25, -0.2) is 9.37 Å². The standard InChI is InChI=1S/C21H25FN4O3/c1-21(2,23)20(27)24-13-19-25-17-9-8-16(12-18(17)26(19)10-11-28-3)29-15-6-4-14(22)5-7-15/h4-9,12H,10-11,13,23H2,1-3H3,(H,24,27). The second-order valence-corrected chi connectivity index (χ2v) is 7.28. The Bertz CT molecular complexity index is 994. The van der Waals surface area contributed by atoms with E-state index in [1.165, 1.54) is 12.1 Å². The zero-order chi connectivity index (χ0) is 21.0. The number of halogens is 1. The number of benzene rings is 2. The molecule has 8 heteroatoms. The number of amides is 1. The number of nitrogens with two attached hydrogens (primary N) is 1. The van der Waals surface area contributed by atoms with Crippen LogP contribution in [0.15, 0.2) is 42.5 Å². The van der Waals surface area contributed by atoms with Crippen molar-refractivity contribution >= 4 is 16.9 Å². The van der Waals surface area contributed by atoms with E-state index in [4.69, 9.17) is 15.2 Å². The monoisotopic (exact) mass is 400 g/mol. The van der Waals surface area contributed by atoms with Gasteiger partial charge in [-0.1, -0.05) is 0 Å². The zero-order valence-corrected chi connectivity index (χ0v) is 16.7. The number of nitrogens with zero attached hydrogens (tertiary/aromatic N) is 2. The molecule has 3 rings (SSSR count). The third-order valence-corrected chi connectivity index (χ3v) is 4.36. The average Bonchev–Trinajstić information content (AvgIpc) is 3.02. The topological polar surface area (TPSA) is 91.4 Å². The first kappa shape index (κ1) is 20.8. The highest BCUT2D eigenvalue weighted by Crippen LogP contribution is 2.26. The number of hydrogen-bond acceptors (Lipinski definition) is 5. The molecule has 7 nitrogen and oxygen atoms in total. The quantitative estimate of drug-likeness (QED) is 0.607. The van der Waals surface area contributed by atoms with Crippen LogP contribution in [-0.4, -0.2) is 34.7 Å². The molecule has 0 radical (unpaired) electrons. The Hall–Kier alpha value is -2.97. The van der Waals surface area contributed by atoms with Crippen molar-refractivity contribution < 1.29 is 18.7 Å². The van der Waals surface area contributed by atoms with Gasteiger partial charge in [0.05, 0.1) is 29.7 Å². The molecule has 3 aromatic rings. The van der Waals surface area contributed by atoms with Crippen LogP contribution in [0.25, 0.3) is 11.0 Å². The first-order valence-corrected chi connectivity index (χ1v) is 9.26. The molecule has 3 N–H and O–H groups in total. The van der Waals surface area contributed by atoms with Crippen LogP contribution in [0.4, 0.5) is 4.39 Å². The Morgan fingerprint density at radius 2 is 1.90 bits per heavy atom. The SMILES string of the molecule is COCCn1c(CNC(=O)C(C)(C)N)nc2ccc(Oc3ccc(F)cc3)cc21. The van der Waals surface area contributed by atoms with E-state index < -0.39 is 5.54 Å². The summed E-state index contributed by atoms with van der Waals surface area (Å²) >= 11 is 0. The van der Waals surface area contributed by atoms with E-state index in [-0.39, 0.29) is 18.3 Å². The molecule has 1 amide bonds. The molecule has 0 unspecified atom stereocenters. The van der Waals surface area contributed by atoms with Crippen molar-refractivity contribution in [3.63, 3.8) is 0 Å². The van der Waals surface area contributed by atoms with E-state index in [1.807, 2.05) is 16.7 Å². The highest BCUT2D eigenvalue weighted by molar-refractivity contribution is 5.85. The highest BCUT2D eigenvalue weighted by atomic mass is 19.1. The predicted molar refractivity (Wildman–Crippen MR) is 108 cm³/mol. The smallest absolute Gasteiger partial charge is 0.239 e. The van der Waals surface area contributed by atoms with E-state index >= 15 is 0 Å². The van der Waals surface area contributed by atoms with Crippen LogP contribution < -0.4 is 15.8 Å². The number of rotatable bonds is 8. The number of imidazole rings is 1. The lowest BCUT2D eigenvalue weighted by molar-refractivity contribution is -0.125. The molecule has 0 saturated carbocycles. The van der Waals surface area contributed by atoms with Gasteiger partial charge in [0.1, 0.15) is 23.1 Å². The molecule has 0 aliphatic rings. The average molecular weight is 400 g/mol. The molecule has 154 valence electrons. The number of ether oxygens (including phenoxy) is 2. The van der Waals surface area contributed by atoms with E-state index in [2.05, 4.69) is 10.3 Å². The lowest BCUT2D eigenvalue weighted by Crippen LogP contribution is -2.49. The molecule has 0 fully saturated rings. The normalized spacial score (nSPS) is 11.6. The molecule has 1 heterocycles. The molecule has 0 atom stereocenters. The fourth-order valence-corrected chi connectivity index (χ4v) is 2.81. The van der Waals surface area contributed by atoms with Gasteiger partial charge in [-0.2, -0.15) is 0 Å². The van der Waals surface area contributed by atoms with Gasteiger partial charge < -0.3 is 25.1 Å². The summed E-state index contributed by atoms with van der Waals surface area (Å²) in [7, 11) is 1.63. The fourth-order valence-electron chi connectivity index (χ4n) is 2.81. The number of hydrogen-bond donors (Lipinski definition) is 2. The molecule has 0 bridgehead atoms. The van der Waals surface area contributed by atoms with Crippen molar-refractivity contribution in [1.82, 2.24) is 14.9 Å². The summed E-state index contributed by atoms with van der Waals surface area (Å²) in [5.74, 6) is 1.24. The van der Waals surface area contributed by atoms with Gasteiger partial charge in [-0.05, 0) is 50.2 Å². The first-order valence-electron chi connectivity index (χ1n) is 9.26. The summed E-state index contributed by atoms with van der Waals surface area (Å²) < 4.78 is 26.1. The third-order valence-electron chi connectivity index (χ3n) is 4.36. The maximum absolute atomic E-state index is 13.1. The van der Waals surface area contributed by atoms with Crippen LogP contribution >= 0.6 is 0 Å². The van der Waals surface area contributed by atoms with Gasteiger partial charge in [-0.15, -0.1) is 0 Å². The van der Waals surface area contributed by atoms with Gasteiger partial charge in [0.2, 0.25) is 5.91 Å². The number of carbonyl (C=O) groups excluding carboxylic acids is 1. The molecule has 0 spiro atoms. The van der Waals surface area contributed by atoms with Crippen LogP contribution in [0, 0.1) is 5.82 Å². The Kier molecular flexibility index (Phi) is 6.14. The lowest BCUT2D eigenvalue weighted by atomic mass is 10.1. The molecular weight excluding hydrogens is 375 g/mol. The van der Waals surface area contributed by atoms with Crippen LogP contribution in [0.5, 0.6) is 11.5 Å². The third kappa shape index (κ3) is 5.10. The largest absolute Gasteiger partial charge is 0.457 e. The van der Waals surface area contributed by atoms with E-state index in [9.17, 15) is 9.18 Å². The number of carbonyl (C=O) groups is 1. The van der Waals surface area contributed by atoms with E-state index in [0.29, 0.717) is 30.5 Å². The highest BCUT2D eigenvalue weighted by Gasteiger charge is 2.22. The second-order valence-electron chi connectivity index (χ2n) is 7.28. The van der Waals surface area contributed by atoms with E-state index in [0.717, 1.165) is 11.0 Å². The minimum Gasteiger partial charge on any atom is -0.457 e. The maximum Gasteiger partial charge on any atom is 0.239 e. The van der Waals surface area contributed by atoms with Gasteiger partial charge in [0, 0.05) is 19.7 Å². The van der Waals surface area contributed by atoms with Crippen LogP contribution in [0.1, 0.15) is 19.7 Å². The summed E-state index contributed by atoms with van der Waals surface area (Å²) in [4.78, 5) is 16.7. The fraction of sp³-hybridized carbons (Fsp3) is 0.333. The molecule has 29 heavy (non-hydrogen) atoms.